The molecule has 4 rings (SSSR count). The number of hydrogen-bond donors (Lipinski definition) is 0. The van der Waals surface area contributed by atoms with E-state index in [1.54, 1.807) is 24.4 Å². The van der Waals surface area contributed by atoms with Gasteiger partial charge in [0, 0.05) is 42.9 Å². The lowest BCUT2D eigenvalue weighted by molar-refractivity contribution is 0.0746. The molecule has 148 valence electrons. The highest BCUT2D eigenvalue weighted by Crippen LogP contribution is 2.22. The number of halogens is 2. The van der Waals surface area contributed by atoms with Crippen LogP contribution in [0.2, 0.25) is 5.15 Å². The molecule has 29 heavy (non-hydrogen) atoms. The first-order valence-corrected chi connectivity index (χ1v) is 10.3. The Morgan fingerprint density at radius 2 is 1.76 bits per heavy atom. The van der Waals surface area contributed by atoms with Crippen LogP contribution in [-0.2, 0) is 0 Å². The Morgan fingerprint density at radius 1 is 1.00 bits per heavy atom. The molecule has 0 atom stereocenters. The van der Waals surface area contributed by atoms with Crippen LogP contribution in [0.25, 0.3) is 0 Å². The highest BCUT2D eigenvalue weighted by atomic mass is 79.9. The zero-order valence-corrected chi connectivity index (χ0v) is 17.8. The molecule has 8 heteroatoms. The van der Waals surface area contributed by atoms with Gasteiger partial charge in [0.1, 0.15) is 16.7 Å². The van der Waals surface area contributed by atoms with Gasteiger partial charge in [0.15, 0.2) is 0 Å². The van der Waals surface area contributed by atoms with Crippen molar-refractivity contribution in [2.45, 2.75) is 0 Å². The first-order chi connectivity index (χ1) is 14.1. The van der Waals surface area contributed by atoms with Crippen LogP contribution in [0.3, 0.4) is 0 Å². The number of carbonyl (C=O) groups is 1. The van der Waals surface area contributed by atoms with Gasteiger partial charge < -0.3 is 14.5 Å². The second kappa shape index (κ2) is 8.80. The molecule has 0 unspecified atom stereocenters. The lowest BCUT2D eigenvalue weighted by atomic mass is 10.2. The average molecular weight is 474 g/mol. The third-order valence-electron chi connectivity index (χ3n) is 4.61. The van der Waals surface area contributed by atoms with Gasteiger partial charge in [-0.3, -0.25) is 4.79 Å². The molecule has 0 bridgehead atoms. The zero-order valence-electron chi connectivity index (χ0n) is 15.5. The van der Waals surface area contributed by atoms with E-state index in [4.69, 9.17) is 16.3 Å². The first-order valence-electron chi connectivity index (χ1n) is 9.15. The molecule has 1 amide bonds. The van der Waals surface area contributed by atoms with Crippen LogP contribution in [0.1, 0.15) is 10.4 Å². The molecule has 1 aromatic carbocycles. The van der Waals surface area contributed by atoms with E-state index < -0.39 is 0 Å². The van der Waals surface area contributed by atoms with E-state index in [2.05, 4.69) is 30.8 Å². The Labute approximate surface area is 182 Å². The smallest absolute Gasteiger partial charge is 0.255 e. The van der Waals surface area contributed by atoms with Crippen LogP contribution in [0.15, 0.2) is 65.3 Å². The molecule has 2 aromatic heterocycles. The maximum Gasteiger partial charge on any atom is 0.255 e. The standard InChI is InChI=1S/C21H18BrClN4O2/c22-16-5-7-17(8-6-16)29-20-9-4-15(14-24-20)21(28)27-12-10-26(11-13-27)19-3-1-2-18(23)25-19/h1-9,14H,10-13H2. The minimum Gasteiger partial charge on any atom is -0.439 e. The molecule has 1 aliphatic heterocycles. The molecule has 0 N–H and O–H groups in total. The molecule has 0 spiro atoms. The van der Waals surface area contributed by atoms with Gasteiger partial charge in [0.2, 0.25) is 5.88 Å². The summed E-state index contributed by atoms with van der Waals surface area (Å²) in [5, 5.41) is 0.470. The molecule has 0 aliphatic carbocycles. The highest BCUT2D eigenvalue weighted by Gasteiger charge is 2.23. The van der Waals surface area contributed by atoms with Crippen LogP contribution >= 0.6 is 27.5 Å². The van der Waals surface area contributed by atoms with E-state index in [-0.39, 0.29) is 5.91 Å². The predicted octanol–water partition coefficient (Wildman–Crippen LogP) is 4.65. The summed E-state index contributed by atoms with van der Waals surface area (Å²) in [4.78, 5) is 25.3. The molecule has 1 saturated heterocycles. The second-order valence-corrected chi connectivity index (χ2v) is 7.84. The normalized spacial score (nSPS) is 14.0. The van der Waals surface area contributed by atoms with Gasteiger partial charge in [-0.15, -0.1) is 0 Å². The lowest BCUT2D eigenvalue weighted by Gasteiger charge is -2.35. The molecule has 3 aromatic rings. The van der Waals surface area contributed by atoms with Crippen molar-refractivity contribution < 1.29 is 9.53 Å². The lowest BCUT2D eigenvalue weighted by Crippen LogP contribution is -2.49. The van der Waals surface area contributed by atoms with Gasteiger partial charge in [-0.05, 0) is 42.5 Å². The van der Waals surface area contributed by atoms with Crippen LogP contribution in [0.4, 0.5) is 5.82 Å². The Hall–Kier alpha value is -2.64. The van der Waals surface area contributed by atoms with Crippen molar-refractivity contribution in [3.05, 3.63) is 76.0 Å². The Morgan fingerprint density at radius 3 is 2.41 bits per heavy atom. The van der Waals surface area contributed by atoms with Crippen LogP contribution in [0.5, 0.6) is 11.6 Å². The first kappa shape index (κ1) is 19.7. The second-order valence-electron chi connectivity index (χ2n) is 6.54. The fourth-order valence-electron chi connectivity index (χ4n) is 3.09. The Balaban J connectivity index is 1.35. The van der Waals surface area contributed by atoms with E-state index in [0.29, 0.717) is 48.5 Å². The average Bonchev–Trinajstić information content (AvgIpc) is 2.75. The Kier molecular flexibility index (Phi) is 5.97. The number of anilines is 1. The van der Waals surface area contributed by atoms with Crippen molar-refractivity contribution in [2.24, 2.45) is 0 Å². The molecular weight excluding hydrogens is 456 g/mol. The number of ether oxygens (including phenoxy) is 1. The van der Waals surface area contributed by atoms with Crippen molar-refractivity contribution >= 4 is 39.3 Å². The predicted molar refractivity (Wildman–Crippen MR) is 116 cm³/mol. The van der Waals surface area contributed by atoms with Crippen LogP contribution in [0, 0.1) is 0 Å². The molecular formula is C21H18BrClN4O2. The maximum atomic E-state index is 12.8. The van der Waals surface area contributed by atoms with Crippen LogP contribution < -0.4 is 9.64 Å². The minimum atomic E-state index is -0.0357. The van der Waals surface area contributed by atoms with E-state index in [0.717, 1.165) is 10.3 Å². The zero-order chi connectivity index (χ0) is 20.2. The number of hydrogen-bond acceptors (Lipinski definition) is 5. The number of piperazine rings is 1. The summed E-state index contributed by atoms with van der Waals surface area (Å²) >= 11 is 9.36. The molecule has 0 saturated carbocycles. The third kappa shape index (κ3) is 4.86. The summed E-state index contributed by atoms with van der Waals surface area (Å²) in [6.45, 7) is 2.64. The van der Waals surface area contributed by atoms with Gasteiger partial charge in [-0.2, -0.15) is 0 Å². The van der Waals surface area contributed by atoms with Crippen molar-refractivity contribution in [3.63, 3.8) is 0 Å². The molecule has 0 radical (unpaired) electrons. The van der Waals surface area contributed by atoms with Crippen LogP contribution in [-0.4, -0.2) is 47.0 Å². The monoisotopic (exact) mass is 472 g/mol. The van der Waals surface area contributed by atoms with E-state index in [1.165, 1.54) is 0 Å². The molecule has 3 heterocycles. The van der Waals surface area contributed by atoms with Gasteiger partial charge >= 0.3 is 0 Å². The number of aromatic nitrogens is 2. The van der Waals surface area contributed by atoms with Crippen molar-refractivity contribution in [2.75, 3.05) is 31.1 Å². The van der Waals surface area contributed by atoms with E-state index in [1.807, 2.05) is 41.3 Å². The summed E-state index contributed by atoms with van der Waals surface area (Å²) in [5.41, 5.74) is 0.544. The fourth-order valence-corrected chi connectivity index (χ4v) is 3.51. The topological polar surface area (TPSA) is 58.6 Å². The highest BCUT2D eigenvalue weighted by molar-refractivity contribution is 9.10. The summed E-state index contributed by atoms with van der Waals surface area (Å²) in [7, 11) is 0. The SMILES string of the molecule is O=C(c1ccc(Oc2ccc(Br)cc2)nc1)N1CCN(c2cccc(Cl)n2)CC1. The van der Waals surface area contributed by atoms with Gasteiger partial charge in [-0.1, -0.05) is 33.6 Å². The molecule has 6 nitrogen and oxygen atoms in total. The maximum absolute atomic E-state index is 12.8. The number of amides is 1. The van der Waals surface area contributed by atoms with E-state index in [9.17, 15) is 4.79 Å². The number of carbonyl (C=O) groups excluding carboxylic acids is 1. The summed E-state index contributed by atoms with van der Waals surface area (Å²) in [5.74, 6) is 1.93. The summed E-state index contributed by atoms with van der Waals surface area (Å²) in [6.07, 6.45) is 1.56. The van der Waals surface area contributed by atoms with Gasteiger partial charge in [0.05, 0.1) is 5.56 Å². The number of rotatable bonds is 4. The van der Waals surface area contributed by atoms with Gasteiger partial charge in [-0.25, -0.2) is 9.97 Å². The number of pyridine rings is 2. The Bertz CT molecular complexity index is 990. The summed E-state index contributed by atoms with van der Waals surface area (Å²) in [6, 6.07) is 16.5. The van der Waals surface area contributed by atoms with Crippen molar-refractivity contribution in [1.29, 1.82) is 0 Å². The fraction of sp³-hybridized carbons (Fsp3) is 0.190. The largest absolute Gasteiger partial charge is 0.439 e. The minimum absolute atomic E-state index is 0.0357. The number of benzene rings is 1. The van der Waals surface area contributed by atoms with E-state index >= 15 is 0 Å². The van der Waals surface area contributed by atoms with Crippen molar-refractivity contribution in [1.82, 2.24) is 14.9 Å². The molecule has 1 aliphatic rings. The van der Waals surface area contributed by atoms with Gasteiger partial charge in [0.25, 0.3) is 5.91 Å². The quantitative estimate of drug-likeness (QED) is 0.516. The molecule has 1 fully saturated rings. The summed E-state index contributed by atoms with van der Waals surface area (Å²) < 4.78 is 6.68. The third-order valence-corrected chi connectivity index (χ3v) is 5.35. The number of nitrogens with zero attached hydrogens (tertiary/aromatic N) is 4. The van der Waals surface area contributed by atoms with Crippen molar-refractivity contribution in [3.8, 4) is 11.6 Å².